The number of benzene rings is 1. The maximum Gasteiger partial charge on any atom is 0.431 e. The van der Waals surface area contributed by atoms with Crippen molar-refractivity contribution < 1.29 is 27.1 Å². The number of hydrogen-bond donors (Lipinski definition) is 0. The van der Waals surface area contributed by atoms with Crippen LogP contribution in [0.2, 0.25) is 5.02 Å². The van der Waals surface area contributed by atoms with Gasteiger partial charge in [-0.2, -0.15) is 13.2 Å². The zero-order chi connectivity index (χ0) is 22.1. The highest BCUT2D eigenvalue weighted by Crippen LogP contribution is 2.27. The van der Waals surface area contributed by atoms with Crippen molar-refractivity contribution in [2.45, 2.75) is 6.18 Å². The second-order valence-electron chi connectivity index (χ2n) is 6.27. The molecule has 0 N–H and O–H groups in total. The van der Waals surface area contributed by atoms with Gasteiger partial charge in [0.15, 0.2) is 0 Å². The van der Waals surface area contributed by atoms with Crippen LogP contribution in [-0.4, -0.2) is 47.3 Å². The standard InChI is InChI=1S/C17H16ClF4N3O4/c1-23(2)4-5-29-15(27)9-6-12(11(19)7-10(9)18)25-14(26)8-13(17(20,21)22)24(3)16(25)28/h6-8H,4-5H2,1-3H3. The Morgan fingerprint density at radius 2 is 1.83 bits per heavy atom. The molecule has 0 bridgehead atoms. The molecule has 0 fully saturated rings. The summed E-state index contributed by atoms with van der Waals surface area (Å²) in [6.45, 7) is 0.368. The normalized spacial score (nSPS) is 11.8. The van der Waals surface area contributed by atoms with Crippen LogP contribution in [0.1, 0.15) is 16.1 Å². The predicted molar refractivity (Wildman–Crippen MR) is 96.1 cm³/mol. The number of carbonyl (C=O) groups excluding carboxylic acids is 1. The maximum absolute atomic E-state index is 14.4. The van der Waals surface area contributed by atoms with Gasteiger partial charge in [0.25, 0.3) is 5.56 Å². The lowest BCUT2D eigenvalue weighted by Crippen LogP contribution is -2.41. The van der Waals surface area contributed by atoms with Crippen molar-refractivity contribution in [3.05, 3.63) is 61.1 Å². The van der Waals surface area contributed by atoms with E-state index in [-0.39, 0.29) is 32.4 Å². The van der Waals surface area contributed by atoms with Crippen molar-refractivity contribution >= 4 is 17.6 Å². The number of hydrogen-bond acceptors (Lipinski definition) is 5. The molecular formula is C17H16ClF4N3O4. The van der Waals surface area contributed by atoms with E-state index in [0.717, 1.165) is 13.1 Å². The summed E-state index contributed by atoms with van der Waals surface area (Å²) in [5, 5.41) is -0.349. The van der Waals surface area contributed by atoms with Crippen molar-refractivity contribution in [1.29, 1.82) is 0 Å². The summed E-state index contributed by atoms with van der Waals surface area (Å²) in [4.78, 5) is 38.4. The Kier molecular flexibility index (Phi) is 6.53. The fourth-order valence-electron chi connectivity index (χ4n) is 2.38. The Morgan fingerprint density at radius 1 is 1.21 bits per heavy atom. The Bertz CT molecular complexity index is 1060. The molecule has 1 aromatic heterocycles. The number of aromatic nitrogens is 2. The monoisotopic (exact) mass is 437 g/mol. The summed E-state index contributed by atoms with van der Waals surface area (Å²) in [6, 6.07) is 1.61. The molecule has 1 heterocycles. The van der Waals surface area contributed by atoms with Crippen LogP contribution in [0.15, 0.2) is 27.8 Å². The molecular weight excluding hydrogens is 422 g/mol. The summed E-state index contributed by atoms with van der Waals surface area (Å²) < 4.78 is 58.6. The third-order valence-electron chi connectivity index (χ3n) is 3.88. The van der Waals surface area contributed by atoms with E-state index in [1.807, 2.05) is 0 Å². The van der Waals surface area contributed by atoms with E-state index in [4.69, 9.17) is 16.3 Å². The summed E-state index contributed by atoms with van der Waals surface area (Å²) in [5.41, 5.74) is -5.45. The average Bonchev–Trinajstić information content (AvgIpc) is 2.58. The Morgan fingerprint density at radius 3 is 2.38 bits per heavy atom. The third kappa shape index (κ3) is 4.85. The van der Waals surface area contributed by atoms with Crippen LogP contribution < -0.4 is 11.2 Å². The van der Waals surface area contributed by atoms with Crippen molar-refractivity contribution in [2.24, 2.45) is 7.05 Å². The van der Waals surface area contributed by atoms with Crippen LogP contribution >= 0.6 is 11.6 Å². The second kappa shape index (κ2) is 8.37. The van der Waals surface area contributed by atoms with Gasteiger partial charge in [0.05, 0.1) is 16.3 Å². The van der Waals surface area contributed by atoms with Crippen LogP contribution in [-0.2, 0) is 18.0 Å². The SMILES string of the molecule is CN(C)CCOC(=O)c1cc(-n2c(=O)cc(C(F)(F)F)n(C)c2=O)c(F)cc1Cl. The van der Waals surface area contributed by atoms with Crippen LogP contribution in [0.4, 0.5) is 17.6 Å². The maximum atomic E-state index is 14.4. The lowest BCUT2D eigenvalue weighted by Gasteiger charge is -2.15. The first-order valence-corrected chi connectivity index (χ1v) is 8.44. The minimum absolute atomic E-state index is 0.0170. The molecule has 0 radical (unpaired) electrons. The fourth-order valence-corrected chi connectivity index (χ4v) is 2.61. The van der Waals surface area contributed by atoms with E-state index in [1.165, 1.54) is 0 Å². The molecule has 0 amide bonds. The largest absolute Gasteiger partial charge is 0.461 e. The van der Waals surface area contributed by atoms with E-state index < -0.39 is 40.6 Å². The minimum Gasteiger partial charge on any atom is -0.461 e. The lowest BCUT2D eigenvalue weighted by atomic mass is 10.2. The molecule has 0 saturated heterocycles. The number of rotatable bonds is 5. The van der Waals surface area contributed by atoms with Gasteiger partial charge < -0.3 is 9.64 Å². The summed E-state index contributed by atoms with van der Waals surface area (Å²) >= 11 is 5.85. The van der Waals surface area contributed by atoms with Gasteiger partial charge >= 0.3 is 17.8 Å². The second-order valence-corrected chi connectivity index (χ2v) is 6.67. The van der Waals surface area contributed by atoms with Crippen LogP contribution in [0, 0.1) is 5.82 Å². The Hall–Kier alpha value is -2.66. The van der Waals surface area contributed by atoms with Gasteiger partial charge in [-0.1, -0.05) is 11.6 Å². The van der Waals surface area contributed by atoms with Gasteiger partial charge in [-0.15, -0.1) is 0 Å². The average molecular weight is 438 g/mol. The summed E-state index contributed by atoms with van der Waals surface area (Å²) in [6.07, 6.45) is -4.97. The zero-order valence-corrected chi connectivity index (χ0v) is 16.3. The quantitative estimate of drug-likeness (QED) is 0.529. The molecule has 7 nitrogen and oxygen atoms in total. The summed E-state index contributed by atoms with van der Waals surface area (Å²) in [7, 11) is 4.26. The topological polar surface area (TPSA) is 73.5 Å². The highest BCUT2D eigenvalue weighted by molar-refractivity contribution is 6.33. The van der Waals surface area contributed by atoms with Gasteiger partial charge in [-0.05, 0) is 26.2 Å². The van der Waals surface area contributed by atoms with E-state index >= 15 is 0 Å². The van der Waals surface area contributed by atoms with Crippen molar-refractivity contribution in [2.75, 3.05) is 27.2 Å². The molecule has 0 saturated carbocycles. The van der Waals surface area contributed by atoms with Crippen LogP contribution in [0.5, 0.6) is 0 Å². The molecule has 158 valence electrons. The first-order chi connectivity index (χ1) is 13.3. The lowest BCUT2D eigenvalue weighted by molar-refractivity contribution is -0.144. The van der Waals surface area contributed by atoms with Crippen LogP contribution in [0.25, 0.3) is 5.69 Å². The van der Waals surface area contributed by atoms with Crippen molar-refractivity contribution in [3.8, 4) is 5.69 Å². The van der Waals surface area contributed by atoms with Gasteiger partial charge in [0.2, 0.25) is 0 Å². The molecule has 12 heteroatoms. The fraction of sp³-hybridized carbons (Fsp3) is 0.353. The number of nitrogens with zero attached hydrogens (tertiary/aromatic N) is 3. The number of carbonyl (C=O) groups is 1. The van der Waals surface area contributed by atoms with E-state index in [1.54, 1.807) is 19.0 Å². The van der Waals surface area contributed by atoms with Crippen molar-refractivity contribution in [3.63, 3.8) is 0 Å². The molecule has 0 spiro atoms. The first kappa shape index (κ1) is 22.6. The molecule has 0 atom stereocenters. The molecule has 0 aliphatic carbocycles. The van der Waals surface area contributed by atoms with Gasteiger partial charge in [0.1, 0.15) is 18.1 Å². The first-order valence-electron chi connectivity index (χ1n) is 8.06. The molecule has 1 aromatic carbocycles. The number of halogens is 5. The van der Waals surface area contributed by atoms with E-state index in [2.05, 4.69) is 0 Å². The highest BCUT2D eigenvalue weighted by atomic mass is 35.5. The molecule has 2 aromatic rings. The van der Waals surface area contributed by atoms with Gasteiger partial charge in [-0.25, -0.2) is 18.5 Å². The minimum atomic E-state index is -4.97. The Balaban J connectivity index is 2.59. The number of likely N-dealkylation sites (N-methyl/N-ethyl adjacent to an activating group) is 1. The molecule has 0 aliphatic rings. The number of ether oxygens (including phenoxy) is 1. The van der Waals surface area contributed by atoms with Crippen molar-refractivity contribution in [1.82, 2.24) is 14.0 Å². The Labute approximate surface area is 166 Å². The van der Waals surface area contributed by atoms with E-state index in [0.29, 0.717) is 12.6 Å². The molecule has 0 unspecified atom stereocenters. The molecule has 29 heavy (non-hydrogen) atoms. The number of alkyl halides is 3. The van der Waals surface area contributed by atoms with Gasteiger partial charge in [-0.3, -0.25) is 9.36 Å². The van der Waals surface area contributed by atoms with Gasteiger partial charge in [0, 0.05) is 19.7 Å². The zero-order valence-electron chi connectivity index (χ0n) is 15.5. The number of esters is 1. The predicted octanol–water partition coefficient (Wildman–Crippen LogP) is 2.07. The molecule has 2 rings (SSSR count). The highest BCUT2D eigenvalue weighted by Gasteiger charge is 2.35. The molecule has 0 aliphatic heterocycles. The summed E-state index contributed by atoms with van der Waals surface area (Å²) in [5.74, 6) is -2.13. The van der Waals surface area contributed by atoms with Crippen LogP contribution in [0.3, 0.4) is 0 Å². The third-order valence-corrected chi connectivity index (χ3v) is 4.19. The van der Waals surface area contributed by atoms with E-state index in [9.17, 15) is 31.9 Å². The smallest absolute Gasteiger partial charge is 0.431 e.